The topological polar surface area (TPSA) is 98.7 Å². The maximum atomic E-state index is 14.1. The number of benzene rings is 2. The first-order chi connectivity index (χ1) is 21.0. The Bertz CT molecular complexity index is 1900. The van der Waals surface area contributed by atoms with E-state index >= 15 is 0 Å². The summed E-state index contributed by atoms with van der Waals surface area (Å²) in [6.45, 7) is 5.71. The van der Waals surface area contributed by atoms with Gasteiger partial charge in [-0.3, -0.25) is 9.36 Å². The number of hydrogen-bond acceptors (Lipinski definition) is 10. The standard InChI is InChI=1S/C32H30N4O6S/c1-3-39-31(38)27-28(20-7-5-4-6-8-20)33-32-36(29(27)21-9-11-23-24(17-21)41-19-40-23)30(37)25(43-32)18-22-10-12-26(42-22)35-15-13-34(2)14-16-35/h4-12,17-18,29H,3,13-16,19H2,1-2H3. The summed E-state index contributed by atoms with van der Waals surface area (Å²) in [5.74, 6) is 1.97. The smallest absolute Gasteiger partial charge is 0.338 e. The van der Waals surface area contributed by atoms with E-state index in [1.807, 2.05) is 54.6 Å². The average Bonchev–Trinajstić information content (AvgIpc) is 3.76. The molecule has 1 fully saturated rings. The van der Waals surface area contributed by atoms with E-state index < -0.39 is 12.0 Å². The second kappa shape index (κ2) is 11.2. The molecule has 3 aliphatic rings. The summed E-state index contributed by atoms with van der Waals surface area (Å²) < 4.78 is 24.9. The molecule has 0 saturated carbocycles. The van der Waals surface area contributed by atoms with Crippen molar-refractivity contribution in [2.24, 2.45) is 4.99 Å². The third-order valence-electron chi connectivity index (χ3n) is 7.79. The summed E-state index contributed by atoms with van der Waals surface area (Å²) in [4.78, 5) is 37.7. The van der Waals surface area contributed by atoms with Gasteiger partial charge in [-0.1, -0.05) is 47.7 Å². The van der Waals surface area contributed by atoms with Crippen LogP contribution in [0.5, 0.6) is 11.5 Å². The number of hydrogen-bond donors (Lipinski definition) is 0. The second-order valence-electron chi connectivity index (χ2n) is 10.5. The van der Waals surface area contributed by atoms with Crippen LogP contribution in [0.25, 0.3) is 11.8 Å². The number of thiazole rings is 1. The first-order valence-corrected chi connectivity index (χ1v) is 15.0. The highest BCUT2D eigenvalue weighted by Gasteiger charge is 2.36. The molecule has 1 atom stereocenters. The molecule has 7 rings (SSSR count). The lowest BCUT2D eigenvalue weighted by atomic mass is 9.93. The van der Waals surface area contributed by atoms with Gasteiger partial charge in [0.2, 0.25) is 6.79 Å². The summed E-state index contributed by atoms with van der Waals surface area (Å²) in [5, 5.41) is 0. The summed E-state index contributed by atoms with van der Waals surface area (Å²) in [7, 11) is 2.11. The Labute approximate surface area is 251 Å². The van der Waals surface area contributed by atoms with Gasteiger partial charge in [0, 0.05) is 43.9 Å². The Kier molecular flexibility index (Phi) is 7.12. The monoisotopic (exact) mass is 598 g/mol. The van der Waals surface area contributed by atoms with Crippen LogP contribution in [0.1, 0.15) is 29.9 Å². The Hall–Kier alpha value is -4.61. The predicted molar refractivity (Wildman–Crippen MR) is 162 cm³/mol. The van der Waals surface area contributed by atoms with Crippen LogP contribution in [0.3, 0.4) is 0 Å². The second-order valence-corrected chi connectivity index (χ2v) is 11.5. The molecule has 1 saturated heterocycles. The molecule has 0 aliphatic carbocycles. The SMILES string of the molecule is CCOC(=O)C1=C(c2ccccc2)N=c2sc(=Cc3ccc(N4CCN(C)CC4)o3)c(=O)n2C1c1ccc2c(c1)OCO2. The van der Waals surface area contributed by atoms with Crippen molar-refractivity contribution >= 4 is 35.0 Å². The highest BCUT2D eigenvalue weighted by Crippen LogP contribution is 2.40. The summed E-state index contributed by atoms with van der Waals surface area (Å²) in [6.07, 6.45) is 1.75. The highest BCUT2D eigenvalue weighted by molar-refractivity contribution is 7.07. The molecule has 3 aliphatic heterocycles. The highest BCUT2D eigenvalue weighted by atomic mass is 32.1. The van der Waals surface area contributed by atoms with Gasteiger partial charge in [-0.2, -0.15) is 0 Å². The quantitative estimate of drug-likeness (QED) is 0.313. The van der Waals surface area contributed by atoms with Crippen molar-refractivity contribution in [3.8, 4) is 11.5 Å². The Morgan fingerprint density at radius 2 is 1.84 bits per heavy atom. The molecule has 10 nitrogen and oxygen atoms in total. The number of carbonyl (C=O) groups excluding carboxylic acids is 1. The van der Waals surface area contributed by atoms with Crippen molar-refractivity contribution in [1.29, 1.82) is 0 Å². The number of carbonyl (C=O) groups is 1. The number of anilines is 1. The third-order valence-corrected chi connectivity index (χ3v) is 8.77. The fraction of sp³-hybridized carbons (Fsp3) is 0.281. The van der Waals surface area contributed by atoms with E-state index in [0.29, 0.717) is 37.9 Å². The molecule has 43 heavy (non-hydrogen) atoms. The minimum atomic E-state index is -0.806. The zero-order valence-electron chi connectivity index (χ0n) is 23.8. The molecular formula is C32H30N4O6S. The fourth-order valence-corrected chi connectivity index (χ4v) is 6.57. The van der Waals surface area contributed by atoms with Crippen LogP contribution >= 0.6 is 11.3 Å². The summed E-state index contributed by atoms with van der Waals surface area (Å²) in [5.41, 5.74) is 1.89. The number of nitrogens with zero attached hydrogens (tertiary/aromatic N) is 4. The van der Waals surface area contributed by atoms with Crippen LogP contribution in [0, 0.1) is 0 Å². The van der Waals surface area contributed by atoms with E-state index in [-0.39, 0.29) is 24.5 Å². The molecule has 0 spiro atoms. The number of likely N-dealkylation sites (N-methyl/N-ethyl adjacent to an activating group) is 1. The first-order valence-electron chi connectivity index (χ1n) is 14.2. The van der Waals surface area contributed by atoms with Gasteiger partial charge in [0.15, 0.2) is 22.2 Å². The van der Waals surface area contributed by atoms with Crippen LogP contribution in [0.4, 0.5) is 5.88 Å². The first kappa shape index (κ1) is 27.2. The van der Waals surface area contributed by atoms with Gasteiger partial charge in [0.05, 0.1) is 28.5 Å². The molecule has 4 aromatic rings. The van der Waals surface area contributed by atoms with Gasteiger partial charge in [0.1, 0.15) is 5.76 Å². The number of fused-ring (bicyclic) bond motifs is 2. The lowest BCUT2D eigenvalue weighted by Gasteiger charge is -2.32. The lowest BCUT2D eigenvalue weighted by Crippen LogP contribution is -2.44. The van der Waals surface area contributed by atoms with Gasteiger partial charge in [-0.05, 0) is 37.7 Å². The maximum Gasteiger partial charge on any atom is 0.338 e. The van der Waals surface area contributed by atoms with Crippen molar-refractivity contribution in [2.45, 2.75) is 13.0 Å². The van der Waals surface area contributed by atoms with Crippen LogP contribution in [-0.4, -0.2) is 62.1 Å². The van der Waals surface area contributed by atoms with Crippen molar-refractivity contribution in [2.75, 3.05) is 51.5 Å². The van der Waals surface area contributed by atoms with Gasteiger partial charge in [-0.15, -0.1) is 0 Å². The minimum absolute atomic E-state index is 0.108. The molecule has 0 N–H and O–H groups in total. The molecule has 0 radical (unpaired) electrons. The van der Waals surface area contributed by atoms with E-state index in [9.17, 15) is 9.59 Å². The number of rotatable bonds is 6. The maximum absolute atomic E-state index is 14.1. The fourth-order valence-electron chi connectivity index (χ4n) is 5.58. The molecule has 1 unspecified atom stereocenters. The Morgan fingerprint density at radius 1 is 1.05 bits per heavy atom. The van der Waals surface area contributed by atoms with E-state index in [1.165, 1.54) is 11.3 Å². The number of furan rings is 1. The van der Waals surface area contributed by atoms with Crippen molar-refractivity contribution < 1.29 is 23.4 Å². The minimum Gasteiger partial charge on any atom is -0.463 e. The molecule has 2 aromatic heterocycles. The van der Waals surface area contributed by atoms with Gasteiger partial charge in [0.25, 0.3) is 5.56 Å². The van der Waals surface area contributed by atoms with Crippen LogP contribution in [-0.2, 0) is 9.53 Å². The third kappa shape index (κ3) is 5.04. The normalized spacial score (nSPS) is 18.5. The lowest BCUT2D eigenvalue weighted by molar-refractivity contribution is -0.138. The number of piperazine rings is 1. The van der Waals surface area contributed by atoms with Gasteiger partial charge < -0.3 is 28.4 Å². The Balaban J connectivity index is 1.39. The van der Waals surface area contributed by atoms with Crippen LogP contribution in [0.15, 0.2) is 80.4 Å². The molecule has 2 aromatic carbocycles. The molecular weight excluding hydrogens is 568 g/mol. The molecule has 0 amide bonds. The molecule has 220 valence electrons. The number of ether oxygens (including phenoxy) is 3. The van der Waals surface area contributed by atoms with E-state index in [4.69, 9.17) is 23.6 Å². The molecule has 0 bridgehead atoms. The van der Waals surface area contributed by atoms with Crippen molar-refractivity contribution in [3.63, 3.8) is 0 Å². The largest absolute Gasteiger partial charge is 0.463 e. The van der Waals surface area contributed by atoms with Crippen molar-refractivity contribution in [1.82, 2.24) is 9.47 Å². The van der Waals surface area contributed by atoms with E-state index in [1.54, 1.807) is 23.6 Å². The number of esters is 1. The van der Waals surface area contributed by atoms with E-state index in [2.05, 4.69) is 16.8 Å². The van der Waals surface area contributed by atoms with Gasteiger partial charge >= 0.3 is 5.97 Å². The number of aromatic nitrogens is 1. The van der Waals surface area contributed by atoms with Crippen LogP contribution < -0.4 is 29.3 Å². The summed E-state index contributed by atoms with van der Waals surface area (Å²) >= 11 is 1.26. The Morgan fingerprint density at radius 3 is 2.63 bits per heavy atom. The molecule has 5 heterocycles. The molecule has 11 heteroatoms. The average molecular weight is 599 g/mol. The predicted octanol–water partition coefficient (Wildman–Crippen LogP) is 3.01. The van der Waals surface area contributed by atoms with Crippen LogP contribution in [0.2, 0.25) is 0 Å². The zero-order chi connectivity index (χ0) is 29.5. The zero-order valence-corrected chi connectivity index (χ0v) is 24.6. The summed E-state index contributed by atoms with van der Waals surface area (Å²) in [6, 6.07) is 17.9. The van der Waals surface area contributed by atoms with Crippen molar-refractivity contribution in [3.05, 3.63) is 103 Å². The van der Waals surface area contributed by atoms with Gasteiger partial charge in [-0.25, -0.2) is 9.79 Å². The van der Waals surface area contributed by atoms with E-state index in [0.717, 1.165) is 37.6 Å².